The topological polar surface area (TPSA) is 55.8 Å². The van der Waals surface area contributed by atoms with Gasteiger partial charge >= 0.3 is 0 Å². The molecule has 0 aliphatic carbocycles. The van der Waals surface area contributed by atoms with Crippen molar-refractivity contribution in [3.8, 4) is 0 Å². The Balaban J connectivity index is 4.49. The summed E-state index contributed by atoms with van der Waals surface area (Å²) in [6, 6.07) is -0.113. The number of nitrogens with zero attached hydrogens (tertiary/aromatic N) is 1. The molecule has 0 spiro atoms. The summed E-state index contributed by atoms with van der Waals surface area (Å²) in [4.78, 5) is 25.9. The van der Waals surface area contributed by atoms with Crippen LogP contribution in [0.3, 0.4) is 0 Å². The summed E-state index contributed by atoms with van der Waals surface area (Å²) in [5, 5.41) is 0. The van der Waals surface area contributed by atoms with Crippen LogP contribution in [0, 0.1) is 11.8 Å². The van der Waals surface area contributed by atoms with E-state index >= 15 is 0 Å². The SMILES string of the molecule is CCCOCC(COCCC(=O)C(C)C)N(C)C(=O)C(C)CCC. The molecule has 0 aromatic carbocycles. The van der Waals surface area contributed by atoms with E-state index in [4.69, 9.17) is 9.47 Å². The van der Waals surface area contributed by atoms with Crippen molar-refractivity contribution in [1.29, 1.82) is 0 Å². The number of carbonyl (C=O) groups is 2. The molecule has 5 heteroatoms. The molecule has 0 radical (unpaired) electrons. The van der Waals surface area contributed by atoms with Crippen LogP contribution in [0.2, 0.25) is 0 Å². The Morgan fingerprint density at radius 3 is 2.04 bits per heavy atom. The summed E-state index contributed by atoms with van der Waals surface area (Å²) in [6.45, 7) is 11.8. The number of Topliss-reactive ketones (excluding diaryl/α,β-unsaturated/α-hetero) is 1. The number of carbonyl (C=O) groups excluding carboxylic acids is 2. The molecule has 0 aliphatic rings. The minimum Gasteiger partial charge on any atom is -0.379 e. The van der Waals surface area contributed by atoms with Gasteiger partial charge < -0.3 is 14.4 Å². The number of amides is 1. The highest BCUT2D eigenvalue weighted by molar-refractivity contribution is 5.80. The van der Waals surface area contributed by atoms with Crippen LogP contribution in [-0.2, 0) is 19.1 Å². The number of hydrogen-bond acceptors (Lipinski definition) is 4. The van der Waals surface area contributed by atoms with Gasteiger partial charge in [0, 0.05) is 31.9 Å². The van der Waals surface area contributed by atoms with Crippen molar-refractivity contribution < 1.29 is 19.1 Å². The highest BCUT2D eigenvalue weighted by Gasteiger charge is 2.24. The summed E-state index contributed by atoms with van der Waals surface area (Å²) in [6.07, 6.45) is 3.24. The molecule has 0 rings (SSSR count). The maximum Gasteiger partial charge on any atom is 0.225 e. The predicted octanol–water partition coefficient (Wildman–Crippen LogP) is 3.31. The number of ether oxygens (including phenoxy) is 2. The first-order valence-corrected chi connectivity index (χ1v) is 9.29. The van der Waals surface area contributed by atoms with Crippen LogP contribution in [0.15, 0.2) is 0 Å². The molecule has 0 fully saturated rings. The number of ketones is 1. The van der Waals surface area contributed by atoms with Crippen LogP contribution in [0.1, 0.15) is 60.3 Å². The van der Waals surface area contributed by atoms with E-state index < -0.39 is 0 Å². The molecule has 0 N–H and O–H groups in total. The Kier molecular flexibility index (Phi) is 12.8. The molecular weight excluding hydrogens is 306 g/mol. The maximum absolute atomic E-state index is 12.5. The smallest absolute Gasteiger partial charge is 0.225 e. The van der Waals surface area contributed by atoms with E-state index in [9.17, 15) is 9.59 Å². The van der Waals surface area contributed by atoms with Crippen molar-refractivity contribution in [2.45, 2.75) is 66.3 Å². The van der Waals surface area contributed by atoms with Crippen LogP contribution < -0.4 is 0 Å². The second kappa shape index (κ2) is 13.4. The van der Waals surface area contributed by atoms with Crippen LogP contribution in [0.25, 0.3) is 0 Å². The molecule has 5 nitrogen and oxygen atoms in total. The fourth-order valence-corrected chi connectivity index (χ4v) is 2.40. The van der Waals surface area contributed by atoms with Crippen molar-refractivity contribution in [1.82, 2.24) is 4.90 Å². The fourth-order valence-electron chi connectivity index (χ4n) is 2.40. The lowest BCUT2D eigenvalue weighted by atomic mass is 10.0. The van der Waals surface area contributed by atoms with Gasteiger partial charge in [-0.05, 0) is 12.8 Å². The molecule has 0 saturated heterocycles. The van der Waals surface area contributed by atoms with E-state index in [1.807, 2.05) is 27.8 Å². The number of hydrogen-bond donors (Lipinski definition) is 0. The zero-order valence-corrected chi connectivity index (χ0v) is 16.5. The first kappa shape index (κ1) is 23.1. The van der Waals surface area contributed by atoms with Gasteiger partial charge in [-0.15, -0.1) is 0 Å². The third-order valence-electron chi connectivity index (χ3n) is 4.14. The molecular formula is C19H37NO4. The van der Waals surface area contributed by atoms with Crippen LogP contribution in [0.4, 0.5) is 0 Å². The summed E-state index contributed by atoms with van der Waals surface area (Å²) in [7, 11) is 1.82. The molecule has 2 unspecified atom stereocenters. The molecule has 1 amide bonds. The van der Waals surface area contributed by atoms with Gasteiger partial charge in [0.2, 0.25) is 5.91 Å². The second-order valence-electron chi connectivity index (χ2n) is 6.81. The Hall–Kier alpha value is -0.940. The molecule has 0 saturated carbocycles. The van der Waals surface area contributed by atoms with Gasteiger partial charge in [-0.1, -0.05) is 41.0 Å². The Labute approximate surface area is 148 Å². The lowest BCUT2D eigenvalue weighted by Gasteiger charge is -2.30. The van der Waals surface area contributed by atoms with E-state index in [0.717, 1.165) is 19.3 Å². The standard InChI is InChI=1S/C19H37NO4/c1-7-9-16(5)19(22)20(6)17(13-23-11-8-2)14-24-12-10-18(21)15(3)4/h15-17H,7-14H2,1-6H3. The van der Waals surface area contributed by atoms with Crippen LogP contribution in [-0.4, -0.2) is 56.1 Å². The largest absolute Gasteiger partial charge is 0.379 e. The quantitative estimate of drug-likeness (QED) is 0.454. The highest BCUT2D eigenvalue weighted by Crippen LogP contribution is 2.12. The summed E-state index contributed by atoms with van der Waals surface area (Å²) in [5.41, 5.74) is 0. The fraction of sp³-hybridized carbons (Fsp3) is 0.895. The molecule has 24 heavy (non-hydrogen) atoms. The van der Waals surface area contributed by atoms with Gasteiger partial charge in [0.05, 0.1) is 25.9 Å². The Morgan fingerprint density at radius 1 is 0.958 bits per heavy atom. The van der Waals surface area contributed by atoms with Crippen molar-refractivity contribution in [2.75, 3.05) is 33.5 Å². The van der Waals surface area contributed by atoms with E-state index in [0.29, 0.717) is 32.8 Å². The Bertz CT molecular complexity index is 357. The van der Waals surface area contributed by atoms with Crippen molar-refractivity contribution >= 4 is 11.7 Å². The lowest BCUT2D eigenvalue weighted by molar-refractivity contribution is -0.139. The van der Waals surface area contributed by atoms with E-state index in [-0.39, 0.29) is 29.6 Å². The van der Waals surface area contributed by atoms with Gasteiger partial charge in [-0.25, -0.2) is 0 Å². The second-order valence-corrected chi connectivity index (χ2v) is 6.81. The third-order valence-corrected chi connectivity index (χ3v) is 4.14. The molecule has 0 bridgehead atoms. The molecule has 0 aliphatic heterocycles. The van der Waals surface area contributed by atoms with E-state index in [1.54, 1.807) is 4.90 Å². The third kappa shape index (κ3) is 9.38. The zero-order chi connectivity index (χ0) is 18.5. The molecule has 142 valence electrons. The van der Waals surface area contributed by atoms with E-state index in [2.05, 4.69) is 13.8 Å². The first-order chi connectivity index (χ1) is 11.3. The minimum absolute atomic E-state index is 0.0104. The zero-order valence-electron chi connectivity index (χ0n) is 16.5. The van der Waals surface area contributed by atoms with Gasteiger partial charge in [-0.3, -0.25) is 9.59 Å². The number of likely N-dealkylation sites (N-methyl/N-ethyl adjacent to an activating group) is 1. The van der Waals surface area contributed by atoms with Crippen LogP contribution in [0.5, 0.6) is 0 Å². The van der Waals surface area contributed by atoms with Gasteiger partial charge in [0.1, 0.15) is 5.78 Å². The number of rotatable bonds is 14. The van der Waals surface area contributed by atoms with Crippen molar-refractivity contribution in [3.05, 3.63) is 0 Å². The highest BCUT2D eigenvalue weighted by atomic mass is 16.5. The summed E-state index contributed by atoms with van der Waals surface area (Å²) < 4.78 is 11.3. The van der Waals surface area contributed by atoms with Crippen molar-refractivity contribution in [3.63, 3.8) is 0 Å². The summed E-state index contributed by atoms with van der Waals surface area (Å²) in [5.74, 6) is 0.381. The van der Waals surface area contributed by atoms with Gasteiger partial charge in [0.15, 0.2) is 0 Å². The first-order valence-electron chi connectivity index (χ1n) is 9.29. The van der Waals surface area contributed by atoms with Crippen LogP contribution >= 0.6 is 0 Å². The normalized spacial score (nSPS) is 13.8. The molecule has 0 aromatic rings. The monoisotopic (exact) mass is 343 g/mol. The molecule has 2 atom stereocenters. The Morgan fingerprint density at radius 2 is 1.54 bits per heavy atom. The molecule has 0 aromatic heterocycles. The minimum atomic E-state index is -0.113. The average Bonchev–Trinajstić information content (AvgIpc) is 2.55. The predicted molar refractivity (Wildman–Crippen MR) is 97.0 cm³/mol. The maximum atomic E-state index is 12.5. The lowest BCUT2D eigenvalue weighted by Crippen LogP contribution is -2.45. The van der Waals surface area contributed by atoms with Gasteiger partial charge in [-0.2, -0.15) is 0 Å². The van der Waals surface area contributed by atoms with E-state index in [1.165, 1.54) is 0 Å². The van der Waals surface area contributed by atoms with Gasteiger partial charge in [0.25, 0.3) is 0 Å². The summed E-state index contributed by atoms with van der Waals surface area (Å²) >= 11 is 0. The molecule has 0 heterocycles. The average molecular weight is 344 g/mol. The van der Waals surface area contributed by atoms with Crippen molar-refractivity contribution in [2.24, 2.45) is 11.8 Å².